The lowest BCUT2D eigenvalue weighted by Gasteiger charge is -2.07. The van der Waals surface area contributed by atoms with Gasteiger partial charge in [0.2, 0.25) is 0 Å². The van der Waals surface area contributed by atoms with E-state index in [1.807, 2.05) is 36.4 Å². The van der Waals surface area contributed by atoms with Crippen LogP contribution in [0.15, 0.2) is 51.7 Å². The van der Waals surface area contributed by atoms with Crippen molar-refractivity contribution >= 4 is 31.9 Å². The molecule has 0 radical (unpaired) electrons. The van der Waals surface area contributed by atoms with Gasteiger partial charge < -0.3 is 4.74 Å². The maximum atomic E-state index is 5.61. The number of pyridine rings is 1. The fourth-order valence-electron chi connectivity index (χ4n) is 1.22. The van der Waals surface area contributed by atoms with Crippen LogP contribution in [0, 0.1) is 0 Å². The molecule has 0 atom stereocenters. The first-order valence-electron chi connectivity index (χ1n) is 4.73. The second kappa shape index (κ2) is 5.46. The van der Waals surface area contributed by atoms with Crippen LogP contribution in [0.1, 0.15) is 5.56 Å². The van der Waals surface area contributed by atoms with Crippen molar-refractivity contribution in [3.8, 4) is 5.75 Å². The van der Waals surface area contributed by atoms with Crippen LogP contribution in [-0.2, 0) is 6.61 Å². The summed E-state index contributed by atoms with van der Waals surface area (Å²) < 4.78 is 7.48. The van der Waals surface area contributed by atoms with Gasteiger partial charge in [-0.15, -0.1) is 0 Å². The van der Waals surface area contributed by atoms with Crippen LogP contribution in [0.2, 0.25) is 0 Å². The minimum Gasteiger partial charge on any atom is -0.487 e. The highest BCUT2D eigenvalue weighted by atomic mass is 79.9. The third-order valence-electron chi connectivity index (χ3n) is 2.05. The number of aromatic nitrogens is 1. The highest BCUT2D eigenvalue weighted by Crippen LogP contribution is 2.19. The molecule has 2 nitrogen and oxygen atoms in total. The molecule has 0 aliphatic heterocycles. The molecule has 0 bridgehead atoms. The standard InChI is InChI=1S/C12H9Br2NO/c13-11-4-2-1-3-9(11)8-16-10-5-6-12(14)15-7-10/h1-7H,8H2. The van der Waals surface area contributed by atoms with Crippen LogP contribution >= 0.6 is 31.9 Å². The van der Waals surface area contributed by atoms with Crippen LogP contribution in [0.4, 0.5) is 0 Å². The van der Waals surface area contributed by atoms with Gasteiger partial charge in [0.15, 0.2) is 0 Å². The van der Waals surface area contributed by atoms with Crippen molar-refractivity contribution in [1.82, 2.24) is 4.98 Å². The molecule has 0 unspecified atom stereocenters. The van der Waals surface area contributed by atoms with Crippen LogP contribution in [0.3, 0.4) is 0 Å². The van der Waals surface area contributed by atoms with E-state index in [-0.39, 0.29) is 0 Å². The van der Waals surface area contributed by atoms with Crippen LogP contribution in [0.25, 0.3) is 0 Å². The molecule has 0 aliphatic carbocycles. The first-order chi connectivity index (χ1) is 7.75. The molecule has 4 heteroatoms. The molecule has 1 heterocycles. The quantitative estimate of drug-likeness (QED) is 0.780. The van der Waals surface area contributed by atoms with Crippen LogP contribution < -0.4 is 4.74 Å². The molecule has 16 heavy (non-hydrogen) atoms. The number of rotatable bonds is 3. The zero-order valence-corrected chi connectivity index (χ0v) is 11.5. The molecular weight excluding hydrogens is 334 g/mol. The van der Waals surface area contributed by atoms with E-state index in [0.29, 0.717) is 6.61 Å². The van der Waals surface area contributed by atoms with E-state index in [1.165, 1.54) is 0 Å². The summed E-state index contributed by atoms with van der Waals surface area (Å²) in [5.74, 6) is 0.763. The highest BCUT2D eigenvalue weighted by molar-refractivity contribution is 9.10. The molecule has 1 aromatic carbocycles. The number of halogens is 2. The predicted molar refractivity (Wildman–Crippen MR) is 70.4 cm³/mol. The van der Waals surface area contributed by atoms with Crippen molar-refractivity contribution in [2.24, 2.45) is 0 Å². The maximum absolute atomic E-state index is 5.61. The Kier molecular flexibility index (Phi) is 3.96. The van der Waals surface area contributed by atoms with Crippen molar-refractivity contribution in [3.05, 3.63) is 57.2 Å². The fourth-order valence-corrected chi connectivity index (χ4v) is 1.86. The third-order valence-corrected chi connectivity index (χ3v) is 3.30. The van der Waals surface area contributed by atoms with E-state index >= 15 is 0 Å². The molecule has 2 rings (SSSR count). The van der Waals surface area contributed by atoms with Crippen LogP contribution in [0.5, 0.6) is 5.75 Å². The average Bonchev–Trinajstić information content (AvgIpc) is 2.30. The molecule has 0 aliphatic rings. The van der Waals surface area contributed by atoms with E-state index in [4.69, 9.17) is 4.74 Å². The third kappa shape index (κ3) is 3.06. The fraction of sp³-hybridized carbons (Fsp3) is 0.0833. The van der Waals surface area contributed by atoms with Crippen molar-refractivity contribution < 1.29 is 4.74 Å². The zero-order chi connectivity index (χ0) is 11.4. The Balaban J connectivity index is 2.02. The summed E-state index contributed by atoms with van der Waals surface area (Å²) >= 11 is 6.76. The Labute approximate surface area is 111 Å². The van der Waals surface area contributed by atoms with E-state index in [9.17, 15) is 0 Å². The predicted octanol–water partition coefficient (Wildman–Crippen LogP) is 4.19. The summed E-state index contributed by atoms with van der Waals surface area (Å²) in [6.45, 7) is 0.532. The summed E-state index contributed by atoms with van der Waals surface area (Å²) in [5, 5.41) is 0. The van der Waals surface area contributed by atoms with Crippen LogP contribution in [-0.4, -0.2) is 4.98 Å². The largest absolute Gasteiger partial charge is 0.487 e. The van der Waals surface area contributed by atoms with Crippen molar-refractivity contribution in [1.29, 1.82) is 0 Å². The minimum absolute atomic E-state index is 0.532. The van der Waals surface area contributed by atoms with Crippen molar-refractivity contribution in [2.75, 3.05) is 0 Å². The van der Waals surface area contributed by atoms with Gasteiger partial charge in [0, 0.05) is 10.0 Å². The average molecular weight is 343 g/mol. The lowest BCUT2D eigenvalue weighted by molar-refractivity contribution is 0.304. The second-order valence-electron chi connectivity index (χ2n) is 3.20. The Morgan fingerprint density at radius 3 is 2.56 bits per heavy atom. The number of hydrogen-bond donors (Lipinski definition) is 0. The summed E-state index contributed by atoms with van der Waals surface area (Å²) in [7, 11) is 0. The molecule has 82 valence electrons. The summed E-state index contributed by atoms with van der Waals surface area (Å²) in [6, 6.07) is 11.7. The molecule has 1 aromatic heterocycles. The summed E-state index contributed by atoms with van der Waals surface area (Å²) in [4.78, 5) is 4.09. The van der Waals surface area contributed by atoms with E-state index < -0.39 is 0 Å². The number of benzene rings is 1. The Morgan fingerprint density at radius 1 is 1.06 bits per heavy atom. The minimum atomic E-state index is 0.532. The lowest BCUT2D eigenvalue weighted by atomic mass is 10.2. The van der Waals surface area contributed by atoms with Gasteiger partial charge in [0.1, 0.15) is 17.0 Å². The van der Waals surface area contributed by atoms with E-state index in [2.05, 4.69) is 36.8 Å². The molecule has 0 saturated carbocycles. The smallest absolute Gasteiger partial charge is 0.138 e. The van der Waals surface area contributed by atoms with Gasteiger partial charge in [0.05, 0.1) is 6.20 Å². The zero-order valence-electron chi connectivity index (χ0n) is 8.36. The highest BCUT2D eigenvalue weighted by Gasteiger charge is 2.00. The SMILES string of the molecule is Brc1ccc(OCc2ccccc2Br)cn1. The van der Waals surface area contributed by atoms with Gasteiger partial charge in [-0.25, -0.2) is 4.98 Å². The first-order valence-corrected chi connectivity index (χ1v) is 6.32. The van der Waals surface area contributed by atoms with Crippen molar-refractivity contribution in [3.63, 3.8) is 0 Å². The monoisotopic (exact) mass is 341 g/mol. The van der Waals surface area contributed by atoms with Crippen molar-refractivity contribution in [2.45, 2.75) is 6.61 Å². The second-order valence-corrected chi connectivity index (χ2v) is 4.86. The molecule has 0 N–H and O–H groups in total. The first kappa shape index (κ1) is 11.6. The molecule has 0 fully saturated rings. The molecular formula is C12H9Br2NO. The number of ether oxygens (including phenoxy) is 1. The number of nitrogens with zero attached hydrogens (tertiary/aromatic N) is 1. The lowest BCUT2D eigenvalue weighted by Crippen LogP contribution is -1.96. The van der Waals surface area contributed by atoms with E-state index in [0.717, 1.165) is 20.4 Å². The maximum Gasteiger partial charge on any atom is 0.138 e. The molecule has 0 amide bonds. The Bertz CT molecular complexity index is 471. The van der Waals surface area contributed by atoms with Gasteiger partial charge in [-0.05, 0) is 34.1 Å². The Morgan fingerprint density at radius 2 is 1.88 bits per heavy atom. The molecule has 0 spiro atoms. The van der Waals surface area contributed by atoms with Gasteiger partial charge in [-0.1, -0.05) is 34.1 Å². The summed E-state index contributed by atoms with van der Waals surface area (Å²) in [5.41, 5.74) is 1.12. The Hall–Kier alpha value is -0.870. The van der Waals surface area contributed by atoms with Gasteiger partial charge in [-0.3, -0.25) is 0 Å². The number of hydrogen-bond acceptors (Lipinski definition) is 2. The van der Waals surface area contributed by atoms with Gasteiger partial charge in [-0.2, -0.15) is 0 Å². The molecule has 0 saturated heterocycles. The summed E-state index contributed by atoms with van der Waals surface area (Å²) in [6.07, 6.45) is 1.70. The van der Waals surface area contributed by atoms with E-state index in [1.54, 1.807) is 6.20 Å². The van der Waals surface area contributed by atoms with Gasteiger partial charge >= 0.3 is 0 Å². The topological polar surface area (TPSA) is 22.1 Å². The normalized spacial score (nSPS) is 10.1. The van der Waals surface area contributed by atoms with Gasteiger partial charge in [0.25, 0.3) is 0 Å². The molecule has 2 aromatic rings.